The number of rotatable bonds is 12. The first-order valence-electron chi connectivity index (χ1n) is 11.8. The lowest BCUT2D eigenvalue weighted by Gasteiger charge is -2.20. The van der Waals surface area contributed by atoms with Crippen molar-refractivity contribution in [3.05, 3.63) is 102 Å². The number of pyridine rings is 2. The Bertz CT molecular complexity index is 1240. The van der Waals surface area contributed by atoms with Crippen LogP contribution in [-0.4, -0.2) is 48.5 Å². The minimum atomic E-state index is -0.797. The number of nitrogens with two attached hydrogens (primary N) is 1. The first-order chi connectivity index (χ1) is 18.0. The second kappa shape index (κ2) is 12.9. The monoisotopic (exact) mass is 500 g/mol. The zero-order valence-electron chi connectivity index (χ0n) is 20.2. The van der Waals surface area contributed by atoms with Crippen LogP contribution in [0.15, 0.2) is 79.3 Å². The van der Waals surface area contributed by atoms with Crippen LogP contribution in [0.25, 0.3) is 0 Å². The highest BCUT2D eigenvalue weighted by atomic mass is 16.5. The molecule has 0 atom stereocenters. The molecule has 11 nitrogen and oxygen atoms in total. The Morgan fingerprint density at radius 3 is 2.14 bits per heavy atom. The Morgan fingerprint density at radius 1 is 0.892 bits per heavy atom. The number of aromatic nitrogens is 5. The maximum Gasteiger partial charge on any atom is 0.404 e. The fraction of sp³-hybridized carbons (Fsp3) is 0.231. The summed E-state index contributed by atoms with van der Waals surface area (Å²) in [4.78, 5) is 34.2. The van der Waals surface area contributed by atoms with Gasteiger partial charge in [0.1, 0.15) is 6.54 Å². The summed E-state index contributed by atoms with van der Waals surface area (Å²) in [5.74, 6) is -0.222. The van der Waals surface area contributed by atoms with Crippen LogP contribution in [0, 0.1) is 0 Å². The predicted octanol–water partition coefficient (Wildman–Crippen LogP) is 2.55. The summed E-state index contributed by atoms with van der Waals surface area (Å²) in [6.07, 6.45) is 5.06. The van der Waals surface area contributed by atoms with Gasteiger partial charge in [0.15, 0.2) is 0 Å². The number of benzene rings is 1. The van der Waals surface area contributed by atoms with Gasteiger partial charge < -0.3 is 15.8 Å². The second-order valence-electron chi connectivity index (χ2n) is 8.36. The largest absolute Gasteiger partial charge is 0.449 e. The molecule has 4 rings (SSSR count). The lowest BCUT2D eigenvalue weighted by Crippen LogP contribution is -2.23. The molecule has 3 aromatic heterocycles. The lowest BCUT2D eigenvalue weighted by atomic mass is 10.1. The van der Waals surface area contributed by atoms with Crippen LogP contribution in [-0.2, 0) is 42.1 Å². The minimum absolute atomic E-state index is 0.0294. The maximum atomic E-state index is 12.5. The number of carbonyl (C=O) groups excluding carboxylic acids is 2. The van der Waals surface area contributed by atoms with Gasteiger partial charge in [-0.1, -0.05) is 29.5 Å². The molecule has 11 heteroatoms. The van der Waals surface area contributed by atoms with Crippen LogP contribution >= 0.6 is 0 Å². The lowest BCUT2D eigenvalue weighted by molar-refractivity contribution is -0.116. The summed E-state index contributed by atoms with van der Waals surface area (Å²) >= 11 is 0. The molecule has 3 N–H and O–H groups in total. The number of nitrogens with zero attached hydrogens (tertiary/aromatic N) is 6. The van der Waals surface area contributed by atoms with Gasteiger partial charge in [-0.25, -0.2) is 9.48 Å². The number of hydrogen-bond acceptors (Lipinski definition) is 8. The zero-order valence-corrected chi connectivity index (χ0v) is 20.2. The van der Waals surface area contributed by atoms with Gasteiger partial charge in [-0.15, -0.1) is 5.10 Å². The molecular weight excluding hydrogens is 472 g/mol. The molecule has 0 bridgehead atoms. The Balaban J connectivity index is 1.32. The number of ether oxygens (including phenoxy) is 1. The quantitative estimate of drug-likeness (QED) is 0.302. The van der Waals surface area contributed by atoms with E-state index in [9.17, 15) is 9.59 Å². The van der Waals surface area contributed by atoms with E-state index in [2.05, 4.69) is 30.5 Å². The highest BCUT2D eigenvalue weighted by Gasteiger charge is 2.13. The Labute approximate surface area is 214 Å². The SMILES string of the molecule is NC(=O)OCCc1ccc(NC(=O)Cn2cc(CN(Cc3ccccn3)Cc3ccccn3)nn2)cc1. The maximum absolute atomic E-state index is 12.5. The van der Waals surface area contributed by atoms with Crippen molar-refractivity contribution in [3.63, 3.8) is 0 Å². The average molecular weight is 501 g/mol. The van der Waals surface area contributed by atoms with Gasteiger partial charge in [0.05, 0.1) is 29.9 Å². The van der Waals surface area contributed by atoms with Gasteiger partial charge in [0.2, 0.25) is 5.91 Å². The fourth-order valence-electron chi connectivity index (χ4n) is 3.70. The fourth-order valence-corrected chi connectivity index (χ4v) is 3.70. The Morgan fingerprint density at radius 2 is 1.54 bits per heavy atom. The first-order valence-corrected chi connectivity index (χ1v) is 11.8. The van der Waals surface area contributed by atoms with Gasteiger partial charge in [0.25, 0.3) is 0 Å². The molecule has 3 heterocycles. The number of primary amides is 1. The Kier molecular flexibility index (Phi) is 8.87. The number of amides is 2. The van der Waals surface area contributed by atoms with E-state index in [-0.39, 0.29) is 19.1 Å². The summed E-state index contributed by atoms with van der Waals surface area (Å²) in [6.45, 7) is 2.00. The van der Waals surface area contributed by atoms with Crippen LogP contribution in [0.5, 0.6) is 0 Å². The van der Waals surface area contributed by atoms with Crippen molar-refractivity contribution in [2.75, 3.05) is 11.9 Å². The molecule has 0 aliphatic heterocycles. The van der Waals surface area contributed by atoms with E-state index in [4.69, 9.17) is 10.5 Å². The van der Waals surface area contributed by atoms with E-state index >= 15 is 0 Å². The average Bonchev–Trinajstić information content (AvgIpc) is 3.32. The van der Waals surface area contributed by atoms with Crippen LogP contribution in [0.4, 0.5) is 10.5 Å². The van der Waals surface area contributed by atoms with Crippen LogP contribution < -0.4 is 11.1 Å². The van der Waals surface area contributed by atoms with Gasteiger partial charge in [-0.3, -0.25) is 19.7 Å². The minimum Gasteiger partial charge on any atom is -0.449 e. The number of nitrogens with one attached hydrogen (secondary N) is 1. The number of carbonyl (C=O) groups is 2. The molecule has 0 saturated carbocycles. The van der Waals surface area contributed by atoms with Crippen molar-refractivity contribution in [1.29, 1.82) is 0 Å². The molecule has 2 amide bonds. The number of anilines is 1. The molecule has 1 aromatic carbocycles. The summed E-state index contributed by atoms with van der Waals surface area (Å²) < 4.78 is 6.25. The molecular formula is C26H28N8O3. The van der Waals surface area contributed by atoms with E-state index < -0.39 is 6.09 Å². The molecule has 0 aliphatic carbocycles. The van der Waals surface area contributed by atoms with Gasteiger partial charge >= 0.3 is 6.09 Å². The van der Waals surface area contributed by atoms with E-state index in [1.54, 1.807) is 30.7 Å². The van der Waals surface area contributed by atoms with Gasteiger partial charge in [-0.2, -0.15) is 0 Å². The smallest absolute Gasteiger partial charge is 0.404 e. The highest BCUT2D eigenvalue weighted by molar-refractivity contribution is 5.90. The van der Waals surface area contributed by atoms with Crippen LogP contribution in [0.2, 0.25) is 0 Å². The summed E-state index contributed by atoms with van der Waals surface area (Å²) in [5.41, 5.74) is 9.19. The van der Waals surface area contributed by atoms with Gasteiger partial charge in [-0.05, 0) is 42.0 Å². The van der Waals surface area contributed by atoms with Crippen molar-refractivity contribution >= 4 is 17.7 Å². The number of hydrogen-bond donors (Lipinski definition) is 2. The van der Waals surface area contributed by atoms with Crippen LogP contribution in [0.3, 0.4) is 0 Å². The highest BCUT2D eigenvalue weighted by Crippen LogP contribution is 2.12. The predicted molar refractivity (Wildman–Crippen MR) is 136 cm³/mol. The van der Waals surface area contributed by atoms with Crippen molar-refractivity contribution in [3.8, 4) is 0 Å². The summed E-state index contributed by atoms with van der Waals surface area (Å²) in [5, 5.41) is 11.2. The molecule has 4 aromatic rings. The molecule has 0 fully saturated rings. The molecule has 0 spiro atoms. The van der Waals surface area contributed by atoms with Crippen molar-refractivity contribution in [2.24, 2.45) is 5.73 Å². The topological polar surface area (TPSA) is 141 Å². The third-order valence-electron chi connectivity index (χ3n) is 5.37. The zero-order chi connectivity index (χ0) is 25.9. The molecule has 0 aliphatic rings. The second-order valence-corrected chi connectivity index (χ2v) is 8.36. The van der Waals surface area contributed by atoms with Crippen LogP contribution in [0.1, 0.15) is 22.6 Å². The van der Waals surface area contributed by atoms with Gasteiger partial charge in [0, 0.05) is 44.1 Å². The van der Waals surface area contributed by atoms with E-state index in [0.717, 1.165) is 22.6 Å². The van der Waals surface area contributed by atoms with Crippen molar-refractivity contribution in [2.45, 2.75) is 32.6 Å². The standard InChI is InChI=1S/C26H28N8O3/c27-26(36)37-14-11-20-7-9-21(10-8-20)30-25(35)19-34-18-24(31-32-34)17-33(15-22-5-1-3-12-28-22)16-23-6-2-4-13-29-23/h1-10,12-13,18H,11,14-17,19H2,(H2,27,36)(H,30,35). The van der Waals surface area contributed by atoms with Crippen molar-refractivity contribution < 1.29 is 14.3 Å². The third-order valence-corrected chi connectivity index (χ3v) is 5.37. The van der Waals surface area contributed by atoms with E-state index in [0.29, 0.717) is 31.7 Å². The Hall–Kier alpha value is -4.64. The molecule has 37 heavy (non-hydrogen) atoms. The molecule has 0 saturated heterocycles. The third kappa shape index (κ3) is 8.51. The molecule has 190 valence electrons. The van der Waals surface area contributed by atoms with Crippen molar-refractivity contribution in [1.82, 2.24) is 29.9 Å². The molecule has 0 unspecified atom stereocenters. The normalized spacial score (nSPS) is 10.8. The van der Waals surface area contributed by atoms with E-state index in [1.807, 2.05) is 48.5 Å². The molecule has 0 radical (unpaired) electrons. The summed E-state index contributed by atoms with van der Waals surface area (Å²) in [7, 11) is 0. The summed E-state index contributed by atoms with van der Waals surface area (Å²) in [6, 6.07) is 18.9. The van der Waals surface area contributed by atoms with E-state index in [1.165, 1.54) is 4.68 Å². The first kappa shape index (κ1) is 25.5.